The number of hydrogen-bond donors (Lipinski definition) is 1. The zero-order valence-corrected chi connectivity index (χ0v) is 12.6. The van der Waals surface area contributed by atoms with Crippen molar-refractivity contribution in [2.45, 2.75) is 40.0 Å². The molecule has 0 unspecified atom stereocenters. The van der Waals surface area contributed by atoms with Crippen molar-refractivity contribution >= 4 is 0 Å². The van der Waals surface area contributed by atoms with E-state index in [0.717, 1.165) is 37.4 Å². The minimum Gasteiger partial charge on any atom is -0.317 e. The Labute approximate surface area is 120 Å². The number of rotatable bonds is 7. The first-order chi connectivity index (χ1) is 9.74. The molecule has 0 aromatic carbocycles. The van der Waals surface area contributed by atoms with Gasteiger partial charge in [-0.3, -0.25) is 4.98 Å². The molecule has 108 valence electrons. The summed E-state index contributed by atoms with van der Waals surface area (Å²) >= 11 is 0. The van der Waals surface area contributed by atoms with Crippen LogP contribution in [0.1, 0.15) is 36.7 Å². The van der Waals surface area contributed by atoms with E-state index < -0.39 is 0 Å². The average molecular weight is 273 g/mol. The van der Waals surface area contributed by atoms with E-state index in [2.05, 4.69) is 41.2 Å². The molecule has 2 aromatic rings. The molecule has 0 saturated carbocycles. The summed E-state index contributed by atoms with van der Waals surface area (Å²) in [5.74, 6) is 0.781. The zero-order valence-electron chi connectivity index (χ0n) is 12.6. The Morgan fingerprint density at radius 1 is 1.20 bits per heavy atom. The SMILES string of the molecule is CCCNCCCc1c(C)nn(-c2cnccn2)c1C. The van der Waals surface area contributed by atoms with Gasteiger partial charge >= 0.3 is 0 Å². The van der Waals surface area contributed by atoms with Gasteiger partial charge in [-0.05, 0) is 51.8 Å². The van der Waals surface area contributed by atoms with Gasteiger partial charge in [0.05, 0.1) is 11.9 Å². The number of aromatic nitrogens is 4. The van der Waals surface area contributed by atoms with Gasteiger partial charge in [0.15, 0.2) is 5.82 Å². The van der Waals surface area contributed by atoms with Crippen molar-refractivity contribution in [3.63, 3.8) is 0 Å². The monoisotopic (exact) mass is 273 g/mol. The summed E-state index contributed by atoms with van der Waals surface area (Å²) < 4.78 is 1.89. The lowest BCUT2D eigenvalue weighted by molar-refractivity contribution is 0.638. The summed E-state index contributed by atoms with van der Waals surface area (Å²) in [6, 6.07) is 0. The van der Waals surface area contributed by atoms with E-state index in [1.54, 1.807) is 18.6 Å². The highest BCUT2D eigenvalue weighted by molar-refractivity contribution is 5.31. The summed E-state index contributed by atoms with van der Waals surface area (Å²) in [5, 5.41) is 8.02. The lowest BCUT2D eigenvalue weighted by atomic mass is 10.1. The third-order valence-corrected chi connectivity index (χ3v) is 3.41. The van der Waals surface area contributed by atoms with Crippen LogP contribution >= 0.6 is 0 Å². The Hall–Kier alpha value is -1.75. The van der Waals surface area contributed by atoms with Crippen LogP contribution in [0.3, 0.4) is 0 Å². The number of nitrogens with one attached hydrogen (secondary N) is 1. The minimum atomic E-state index is 0.781. The Bertz CT molecular complexity index is 533. The lowest BCUT2D eigenvalue weighted by Gasteiger charge is -2.05. The summed E-state index contributed by atoms with van der Waals surface area (Å²) in [4.78, 5) is 8.41. The van der Waals surface area contributed by atoms with Gasteiger partial charge < -0.3 is 5.32 Å². The maximum Gasteiger partial charge on any atom is 0.172 e. The van der Waals surface area contributed by atoms with Gasteiger partial charge in [0.2, 0.25) is 0 Å². The molecular weight excluding hydrogens is 250 g/mol. The molecule has 0 saturated heterocycles. The molecule has 0 amide bonds. The second kappa shape index (κ2) is 7.14. The van der Waals surface area contributed by atoms with E-state index >= 15 is 0 Å². The Kier molecular flexibility index (Phi) is 5.24. The highest BCUT2D eigenvalue weighted by atomic mass is 15.3. The fourth-order valence-electron chi connectivity index (χ4n) is 2.35. The van der Waals surface area contributed by atoms with Gasteiger partial charge in [0.1, 0.15) is 0 Å². The van der Waals surface area contributed by atoms with Crippen LogP contribution in [-0.4, -0.2) is 32.8 Å². The van der Waals surface area contributed by atoms with Crippen molar-refractivity contribution in [2.75, 3.05) is 13.1 Å². The van der Waals surface area contributed by atoms with Crippen molar-refractivity contribution < 1.29 is 0 Å². The van der Waals surface area contributed by atoms with Crippen LogP contribution in [0.25, 0.3) is 5.82 Å². The first-order valence-electron chi connectivity index (χ1n) is 7.26. The Morgan fingerprint density at radius 3 is 2.75 bits per heavy atom. The smallest absolute Gasteiger partial charge is 0.172 e. The van der Waals surface area contributed by atoms with Crippen LogP contribution < -0.4 is 5.32 Å². The second-order valence-electron chi connectivity index (χ2n) is 4.98. The van der Waals surface area contributed by atoms with E-state index in [-0.39, 0.29) is 0 Å². The first kappa shape index (κ1) is 14.7. The number of nitrogens with zero attached hydrogens (tertiary/aromatic N) is 4. The highest BCUT2D eigenvalue weighted by Crippen LogP contribution is 2.17. The fraction of sp³-hybridized carbons (Fsp3) is 0.533. The third kappa shape index (κ3) is 3.42. The molecule has 0 aliphatic rings. The van der Waals surface area contributed by atoms with E-state index in [0.29, 0.717) is 0 Å². The fourth-order valence-corrected chi connectivity index (χ4v) is 2.35. The standard InChI is InChI=1S/C15H23N5/c1-4-7-16-8-5-6-14-12(2)19-20(13(14)3)15-11-17-9-10-18-15/h9-11,16H,4-8H2,1-3H3. The molecule has 0 bridgehead atoms. The summed E-state index contributed by atoms with van der Waals surface area (Å²) in [7, 11) is 0. The molecule has 0 spiro atoms. The van der Waals surface area contributed by atoms with Crippen molar-refractivity contribution in [3.05, 3.63) is 35.5 Å². The van der Waals surface area contributed by atoms with Gasteiger partial charge in [-0.15, -0.1) is 0 Å². The number of aryl methyl sites for hydroxylation is 1. The molecule has 0 aliphatic heterocycles. The van der Waals surface area contributed by atoms with Crippen molar-refractivity contribution in [2.24, 2.45) is 0 Å². The minimum absolute atomic E-state index is 0.781. The van der Waals surface area contributed by atoms with Gasteiger partial charge in [0, 0.05) is 18.1 Å². The van der Waals surface area contributed by atoms with Crippen molar-refractivity contribution in [1.29, 1.82) is 0 Å². The van der Waals surface area contributed by atoms with E-state index in [1.807, 2.05) is 4.68 Å². The largest absolute Gasteiger partial charge is 0.317 e. The molecule has 2 rings (SSSR count). The molecule has 2 heterocycles. The van der Waals surface area contributed by atoms with E-state index in [9.17, 15) is 0 Å². The zero-order chi connectivity index (χ0) is 14.4. The summed E-state index contributed by atoms with van der Waals surface area (Å²) in [5.41, 5.74) is 3.58. The van der Waals surface area contributed by atoms with Gasteiger partial charge in [-0.25, -0.2) is 9.67 Å². The quantitative estimate of drug-likeness (QED) is 0.786. The van der Waals surface area contributed by atoms with Crippen molar-refractivity contribution in [1.82, 2.24) is 25.1 Å². The van der Waals surface area contributed by atoms with Crippen LogP contribution in [0, 0.1) is 13.8 Å². The Balaban J connectivity index is 2.06. The molecular formula is C15H23N5. The van der Waals surface area contributed by atoms with Crippen LogP contribution in [-0.2, 0) is 6.42 Å². The van der Waals surface area contributed by atoms with Crippen LogP contribution in [0.4, 0.5) is 0 Å². The average Bonchev–Trinajstić information content (AvgIpc) is 2.75. The van der Waals surface area contributed by atoms with Gasteiger partial charge in [-0.1, -0.05) is 6.92 Å². The molecule has 5 nitrogen and oxygen atoms in total. The van der Waals surface area contributed by atoms with Crippen LogP contribution in [0.15, 0.2) is 18.6 Å². The van der Waals surface area contributed by atoms with E-state index in [1.165, 1.54) is 17.7 Å². The maximum absolute atomic E-state index is 4.59. The molecule has 0 atom stereocenters. The Morgan fingerprint density at radius 2 is 2.05 bits per heavy atom. The molecule has 0 radical (unpaired) electrons. The predicted molar refractivity (Wildman–Crippen MR) is 80.1 cm³/mol. The summed E-state index contributed by atoms with van der Waals surface area (Å²) in [6.45, 7) is 8.50. The topological polar surface area (TPSA) is 55.6 Å². The highest BCUT2D eigenvalue weighted by Gasteiger charge is 2.12. The second-order valence-corrected chi connectivity index (χ2v) is 4.98. The lowest BCUT2D eigenvalue weighted by Crippen LogP contribution is -2.16. The van der Waals surface area contributed by atoms with Crippen molar-refractivity contribution in [3.8, 4) is 5.82 Å². The molecule has 5 heteroatoms. The predicted octanol–water partition coefficient (Wildman–Crippen LogP) is 2.21. The molecule has 1 N–H and O–H groups in total. The maximum atomic E-state index is 4.59. The van der Waals surface area contributed by atoms with E-state index in [4.69, 9.17) is 0 Å². The third-order valence-electron chi connectivity index (χ3n) is 3.41. The van der Waals surface area contributed by atoms with Gasteiger partial charge in [0.25, 0.3) is 0 Å². The van der Waals surface area contributed by atoms with Crippen LogP contribution in [0.2, 0.25) is 0 Å². The molecule has 0 fully saturated rings. The number of hydrogen-bond acceptors (Lipinski definition) is 4. The van der Waals surface area contributed by atoms with Gasteiger partial charge in [-0.2, -0.15) is 5.10 Å². The molecule has 2 aromatic heterocycles. The normalized spacial score (nSPS) is 10.9. The summed E-state index contributed by atoms with van der Waals surface area (Å²) in [6.07, 6.45) is 8.48. The first-order valence-corrected chi connectivity index (χ1v) is 7.26. The molecule has 0 aliphatic carbocycles. The molecule has 20 heavy (non-hydrogen) atoms. The van der Waals surface area contributed by atoms with Crippen LogP contribution in [0.5, 0.6) is 0 Å².